The Hall–Kier alpha value is -2.86. The lowest BCUT2D eigenvalue weighted by Gasteiger charge is -1.84. The van der Waals surface area contributed by atoms with Crippen LogP contribution in [0.3, 0.4) is 0 Å². The van der Waals surface area contributed by atoms with Crippen molar-refractivity contribution < 1.29 is 0 Å². The van der Waals surface area contributed by atoms with Crippen molar-refractivity contribution in [1.29, 1.82) is 0 Å². The fourth-order valence-electron chi connectivity index (χ4n) is 1.67. The summed E-state index contributed by atoms with van der Waals surface area (Å²) in [6.07, 6.45) is 45.7. The van der Waals surface area contributed by atoms with Crippen LogP contribution >= 0.6 is 0 Å². The average molecular weight is 345 g/mol. The molecule has 0 radical (unpaired) electrons. The molecular weight excluding hydrogens is 312 g/mol. The van der Waals surface area contributed by atoms with Crippen LogP contribution < -0.4 is 0 Å². The molecule has 0 spiro atoms. The summed E-state index contributed by atoms with van der Waals surface area (Å²) in [5.41, 5.74) is 0. The fraction of sp³-hybridized carbons (Fsp3) is 0.154. The first-order chi connectivity index (χ1) is 12.9. The van der Waals surface area contributed by atoms with Crippen LogP contribution in [0.1, 0.15) is 26.2 Å². The Morgan fingerprint density at radius 2 is 0.769 bits per heavy atom. The zero-order valence-corrected chi connectivity index (χ0v) is 16.0. The quantitative estimate of drug-likeness (QED) is 0.235. The highest BCUT2D eigenvalue weighted by atomic mass is 13.8. The molecule has 0 aliphatic heterocycles. The van der Waals surface area contributed by atoms with Gasteiger partial charge in [-0.1, -0.05) is 154 Å². The van der Waals surface area contributed by atoms with E-state index < -0.39 is 0 Å². The zero-order valence-electron chi connectivity index (χ0n) is 16.0. The van der Waals surface area contributed by atoms with Gasteiger partial charge in [0.25, 0.3) is 0 Å². The highest BCUT2D eigenvalue weighted by molar-refractivity contribution is 5.22. The Balaban J connectivity index is 3.87. The van der Waals surface area contributed by atoms with Gasteiger partial charge in [-0.05, 0) is 6.42 Å². The van der Waals surface area contributed by atoms with Crippen molar-refractivity contribution in [2.45, 2.75) is 26.2 Å². The zero-order chi connectivity index (χ0) is 19.0. The second-order valence-electron chi connectivity index (χ2n) is 5.27. The van der Waals surface area contributed by atoms with Gasteiger partial charge >= 0.3 is 0 Å². The van der Waals surface area contributed by atoms with E-state index in [1.807, 2.05) is 103 Å². The Labute approximate surface area is 160 Å². The van der Waals surface area contributed by atoms with Crippen LogP contribution in [0.4, 0.5) is 0 Å². The maximum atomic E-state index is 3.61. The van der Waals surface area contributed by atoms with Crippen LogP contribution in [0.25, 0.3) is 0 Å². The molecular formula is C26H32. The van der Waals surface area contributed by atoms with Crippen LogP contribution in [-0.4, -0.2) is 0 Å². The van der Waals surface area contributed by atoms with Gasteiger partial charge in [-0.3, -0.25) is 0 Å². The number of allylic oxidation sites excluding steroid dienone is 21. The predicted octanol–water partition coefficient (Wildman–Crippen LogP) is 7.92. The van der Waals surface area contributed by atoms with Gasteiger partial charge in [-0.25, -0.2) is 0 Å². The molecule has 0 fully saturated rings. The second kappa shape index (κ2) is 22.1. The van der Waals surface area contributed by atoms with Crippen LogP contribution in [0, 0.1) is 0 Å². The standard InChI is InChI=1S/C26H32/c1-3-5-7-9-11-13-15-17-19-21-23-25-26-24-22-20-18-16-14-12-10-8-6-4-2/h3,5,7,9-26H,1,4,6,8H2,2H3/b7-5+,11-9+,12-10+,15-13+,16-14+,19-17+,20-18+,23-21+,24-22+,26-25+. The fourth-order valence-corrected chi connectivity index (χ4v) is 1.67. The molecule has 136 valence electrons. The van der Waals surface area contributed by atoms with Crippen LogP contribution in [0.5, 0.6) is 0 Å². The van der Waals surface area contributed by atoms with Crippen LogP contribution in [-0.2, 0) is 0 Å². The Kier molecular flexibility index (Phi) is 19.7. The van der Waals surface area contributed by atoms with E-state index in [1.165, 1.54) is 19.3 Å². The minimum Gasteiger partial charge on any atom is -0.0991 e. The molecule has 0 heterocycles. The monoisotopic (exact) mass is 344 g/mol. The lowest BCUT2D eigenvalue weighted by Crippen LogP contribution is -1.64. The van der Waals surface area contributed by atoms with Gasteiger partial charge in [0.2, 0.25) is 0 Å². The first-order valence-corrected chi connectivity index (χ1v) is 9.19. The Morgan fingerprint density at radius 1 is 0.462 bits per heavy atom. The largest absolute Gasteiger partial charge is 0.0991 e. The van der Waals surface area contributed by atoms with Crippen molar-refractivity contribution in [3.8, 4) is 0 Å². The van der Waals surface area contributed by atoms with Gasteiger partial charge < -0.3 is 0 Å². The lowest BCUT2D eigenvalue weighted by molar-refractivity contribution is 0.815. The maximum Gasteiger partial charge on any atom is -0.0348 e. The molecule has 0 saturated heterocycles. The summed E-state index contributed by atoms with van der Waals surface area (Å²) in [6.45, 7) is 5.82. The van der Waals surface area contributed by atoms with Gasteiger partial charge in [0.1, 0.15) is 0 Å². The molecule has 0 heteroatoms. The molecule has 0 rings (SSSR count). The smallest absolute Gasteiger partial charge is 0.0348 e. The normalized spacial score (nSPS) is 14.2. The number of hydrogen-bond acceptors (Lipinski definition) is 0. The van der Waals surface area contributed by atoms with E-state index in [-0.39, 0.29) is 0 Å². The summed E-state index contributed by atoms with van der Waals surface area (Å²) in [7, 11) is 0. The van der Waals surface area contributed by atoms with Crippen molar-refractivity contribution in [2.75, 3.05) is 0 Å². The number of unbranched alkanes of at least 4 members (excludes halogenated alkanes) is 2. The van der Waals surface area contributed by atoms with E-state index in [0.717, 1.165) is 0 Å². The Morgan fingerprint density at radius 3 is 1.08 bits per heavy atom. The summed E-state index contributed by atoms with van der Waals surface area (Å²) in [6, 6.07) is 0. The summed E-state index contributed by atoms with van der Waals surface area (Å²) in [5, 5.41) is 0. The molecule has 0 aliphatic rings. The third kappa shape index (κ3) is 21.1. The molecule has 0 unspecified atom stereocenters. The van der Waals surface area contributed by atoms with Gasteiger partial charge in [-0.2, -0.15) is 0 Å². The molecule has 0 bridgehead atoms. The lowest BCUT2D eigenvalue weighted by atomic mass is 10.2. The van der Waals surface area contributed by atoms with Crippen molar-refractivity contribution >= 4 is 0 Å². The van der Waals surface area contributed by atoms with Gasteiger partial charge in [0.05, 0.1) is 0 Å². The van der Waals surface area contributed by atoms with E-state index >= 15 is 0 Å². The van der Waals surface area contributed by atoms with Crippen molar-refractivity contribution in [3.63, 3.8) is 0 Å². The topological polar surface area (TPSA) is 0 Å². The molecule has 0 aromatic carbocycles. The third-order valence-electron chi connectivity index (χ3n) is 3.00. The first-order valence-electron chi connectivity index (χ1n) is 9.19. The second-order valence-corrected chi connectivity index (χ2v) is 5.27. The van der Waals surface area contributed by atoms with E-state index in [1.54, 1.807) is 6.08 Å². The molecule has 0 aliphatic carbocycles. The van der Waals surface area contributed by atoms with Gasteiger partial charge in [-0.15, -0.1) is 0 Å². The number of rotatable bonds is 13. The number of hydrogen-bond donors (Lipinski definition) is 0. The van der Waals surface area contributed by atoms with Crippen molar-refractivity contribution in [2.24, 2.45) is 0 Å². The van der Waals surface area contributed by atoms with Gasteiger partial charge in [0.15, 0.2) is 0 Å². The molecule has 0 N–H and O–H groups in total. The van der Waals surface area contributed by atoms with E-state index in [4.69, 9.17) is 0 Å². The molecule has 0 aromatic rings. The summed E-state index contributed by atoms with van der Waals surface area (Å²) < 4.78 is 0. The Bertz CT molecular complexity index is 608. The maximum absolute atomic E-state index is 3.61. The highest BCUT2D eigenvalue weighted by Crippen LogP contribution is 1.95. The van der Waals surface area contributed by atoms with E-state index in [0.29, 0.717) is 0 Å². The highest BCUT2D eigenvalue weighted by Gasteiger charge is 1.74. The van der Waals surface area contributed by atoms with Crippen LogP contribution in [0.15, 0.2) is 134 Å². The molecule has 0 saturated carbocycles. The minimum absolute atomic E-state index is 1.17. The third-order valence-corrected chi connectivity index (χ3v) is 3.00. The van der Waals surface area contributed by atoms with Gasteiger partial charge in [0, 0.05) is 0 Å². The van der Waals surface area contributed by atoms with E-state index in [2.05, 4.69) is 31.7 Å². The molecule has 0 amide bonds. The molecule has 26 heavy (non-hydrogen) atoms. The van der Waals surface area contributed by atoms with E-state index in [9.17, 15) is 0 Å². The average Bonchev–Trinajstić information content (AvgIpc) is 2.66. The first kappa shape index (κ1) is 23.1. The van der Waals surface area contributed by atoms with Crippen molar-refractivity contribution in [3.05, 3.63) is 134 Å². The molecule has 0 nitrogen and oxygen atoms in total. The van der Waals surface area contributed by atoms with Crippen molar-refractivity contribution in [1.82, 2.24) is 0 Å². The van der Waals surface area contributed by atoms with Crippen LogP contribution in [0.2, 0.25) is 0 Å². The SMILES string of the molecule is C=C/C=C/C=C/C=C/C=C/C=C/C=C/C=C/C=C/C=C/C=C/CCCC. The summed E-state index contributed by atoms with van der Waals surface area (Å²) in [4.78, 5) is 0. The molecule has 0 aromatic heterocycles. The molecule has 0 atom stereocenters. The minimum atomic E-state index is 1.17. The predicted molar refractivity (Wildman–Crippen MR) is 121 cm³/mol. The summed E-state index contributed by atoms with van der Waals surface area (Å²) in [5.74, 6) is 0. The summed E-state index contributed by atoms with van der Waals surface area (Å²) >= 11 is 0.